The van der Waals surface area contributed by atoms with Crippen molar-refractivity contribution >= 4 is 11.8 Å². The number of nitrogens with zero attached hydrogens (tertiary/aromatic N) is 1. The van der Waals surface area contributed by atoms with Crippen molar-refractivity contribution in [3.63, 3.8) is 0 Å². The van der Waals surface area contributed by atoms with E-state index in [4.69, 9.17) is 9.47 Å². The van der Waals surface area contributed by atoms with E-state index >= 15 is 0 Å². The summed E-state index contributed by atoms with van der Waals surface area (Å²) < 4.78 is 24.5. The highest BCUT2D eigenvalue weighted by atomic mass is 19.1. The number of halogens is 1. The fourth-order valence-corrected chi connectivity index (χ4v) is 2.89. The summed E-state index contributed by atoms with van der Waals surface area (Å²) in [6.07, 6.45) is 2.50. The molecular formula is C18H26FN2O4-. The minimum Gasteiger partial charge on any atom is -0.761 e. The van der Waals surface area contributed by atoms with Crippen LogP contribution < -0.4 is 10.2 Å². The molecule has 140 valence electrons. The van der Waals surface area contributed by atoms with Crippen molar-refractivity contribution in [2.75, 3.05) is 12.5 Å². The Morgan fingerprint density at radius 3 is 2.48 bits per heavy atom. The fraction of sp³-hybridized carbons (Fsp3) is 0.611. The van der Waals surface area contributed by atoms with Gasteiger partial charge < -0.3 is 25.1 Å². The van der Waals surface area contributed by atoms with Gasteiger partial charge in [0.15, 0.2) is 0 Å². The standard InChI is InChI=1S/C18H26FN2O4/c1-18(2,3)25-17(22)21(4)13-6-8-14(9-7-13)24-16-11-12(19)5-10-15(16)20-23/h5,10-11,13-14,20H,6-9H2,1-4H3/q-1. The molecule has 1 fully saturated rings. The van der Waals surface area contributed by atoms with E-state index in [9.17, 15) is 14.4 Å². The van der Waals surface area contributed by atoms with Crippen LogP contribution in [0.1, 0.15) is 46.5 Å². The lowest BCUT2D eigenvalue weighted by Crippen LogP contribution is -2.43. The molecule has 1 aromatic rings. The van der Waals surface area contributed by atoms with Gasteiger partial charge in [0.05, 0.1) is 11.8 Å². The summed E-state index contributed by atoms with van der Waals surface area (Å²) in [5, 5.41) is 10.9. The van der Waals surface area contributed by atoms with Crippen molar-refractivity contribution in [2.24, 2.45) is 0 Å². The normalized spacial score (nSPS) is 20.7. The molecule has 0 aromatic heterocycles. The smallest absolute Gasteiger partial charge is 0.410 e. The fourth-order valence-electron chi connectivity index (χ4n) is 2.89. The first kappa shape index (κ1) is 19.3. The van der Waals surface area contributed by atoms with Gasteiger partial charge in [0, 0.05) is 19.2 Å². The van der Waals surface area contributed by atoms with Gasteiger partial charge in [0.1, 0.15) is 17.2 Å². The van der Waals surface area contributed by atoms with E-state index in [2.05, 4.69) is 0 Å². The minimum absolute atomic E-state index is 0.0827. The highest BCUT2D eigenvalue weighted by molar-refractivity contribution is 5.68. The maximum absolute atomic E-state index is 13.4. The molecule has 1 aliphatic rings. The predicted molar refractivity (Wildman–Crippen MR) is 94.1 cm³/mol. The number of hydrogen-bond donors (Lipinski definition) is 1. The van der Waals surface area contributed by atoms with Gasteiger partial charge in [-0.15, -0.1) is 0 Å². The zero-order valence-corrected chi connectivity index (χ0v) is 15.2. The third kappa shape index (κ3) is 5.49. The summed E-state index contributed by atoms with van der Waals surface area (Å²) in [5.41, 5.74) is 1.46. The van der Waals surface area contributed by atoms with Gasteiger partial charge in [0.25, 0.3) is 0 Å². The minimum atomic E-state index is -0.523. The average Bonchev–Trinajstić information content (AvgIpc) is 2.53. The van der Waals surface area contributed by atoms with E-state index in [1.807, 2.05) is 20.8 Å². The molecule has 0 aliphatic heterocycles. The van der Waals surface area contributed by atoms with E-state index < -0.39 is 11.4 Å². The molecule has 1 aromatic carbocycles. The number of nitrogens with one attached hydrogen (secondary N) is 1. The maximum atomic E-state index is 13.4. The molecule has 0 saturated heterocycles. The van der Waals surface area contributed by atoms with Gasteiger partial charge in [0.2, 0.25) is 0 Å². The zero-order chi connectivity index (χ0) is 18.6. The molecule has 0 spiro atoms. The molecule has 7 heteroatoms. The summed E-state index contributed by atoms with van der Waals surface area (Å²) in [5.74, 6) is -0.230. The molecule has 0 atom stereocenters. The Labute approximate surface area is 147 Å². The van der Waals surface area contributed by atoms with Crippen molar-refractivity contribution in [3.05, 3.63) is 29.2 Å². The van der Waals surface area contributed by atoms with Crippen LogP contribution in [0.25, 0.3) is 0 Å². The second-order valence-electron chi connectivity index (χ2n) is 7.38. The largest absolute Gasteiger partial charge is 0.761 e. The molecule has 1 amide bonds. The Balaban J connectivity index is 1.89. The summed E-state index contributed by atoms with van der Waals surface area (Å²) in [6.45, 7) is 5.51. The van der Waals surface area contributed by atoms with Crippen LogP contribution in [0.2, 0.25) is 0 Å². The van der Waals surface area contributed by atoms with Gasteiger partial charge >= 0.3 is 6.09 Å². The number of rotatable bonds is 4. The monoisotopic (exact) mass is 353 g/mol. The Hall–Kier alpha value is -2.02. The zero-order valence-electron chi connectivity index (χ0n) is 15.2. The number of benzene rings is 1. The average molecular weight is 353 g/mol. The number of carbonyl (C=O) groups excluding carboxylic acids is 1. The van der Waals surface area contributed by atoms with Crippen molar-refractivity contribution < 1.29 is 18.7 Å². The number of amides is 1. The van der Waals surface area contributed by atoms with Crippen LogP contribution in [0.15, 0.2) is 18.2 Å². The van der Waals surface area contributed by atoms with Crippen LogP contribution >= 0.6 is 0 Å². The van der Waals surface area contributed by atoms with Gasteiger partial charge in [-0.25, -0.2) is 9.18 Å². The van der Waals surface area contributed by atoms with E-state index in [1.54, 1.807) is 17.4 Å². The molecule has 25 heavy (non-hydrogen) atoms. The highest BCUT2D eigenvalue weighted by Crippen LogP contribution is 2.31. The summed E-state index contributed by atoms with van der Waals surface area (Å²) in [6, 6.07) is 3.86. The Bertz CT molecular complexity index is 595. The van der Waals surface area contributed by atoms with Gasteiger partial charge in [-0.2, -0.15) is 0 Å². The van der Waals surface area contributed by atoms with Gasteiger partial charge in [-0.05, 0) is 58.6 Å². The lowest BCUT2D eigenvalue weighted by atomic mass is 9.92. The third-order valence-electron chi connectivity index (χ3n) is 4.22. The molecule has 0 unspecified atom stereocenters. The van der Waals surface area contributed by atoms with Crippen LogP contribution in [0.3, 0.4) is 0 Å². The van der Waals surface area contributed by atoms with Crippen LogP contribution in [0.5, 0.6) is 5.75 Å². The number of hydrogen-bond acceptors (Lipinski definition) is 5. The van der Waals surface area contributed by atoms with Gasteiger partial charge in [-0.1, -0.05) is 0 Å². The first-order chi connectivity index (χ1) is 11.7. The van der Waals surface area contributed by atoms with Gasteiger partial charge in [-0.3, -0.25) is 0 Å². The van der Waals surface area contributed by atoms with Crippen LogP contribution in [0, 0.1) is 11.0 Å². The predicted octanol–water partition coefficient (Wildman–Crippen LogP) is 4.29. The summed E-state index contributed by atoms with van der Waals surface area (Å²) in [4.78, 5) is 13.8. The van der Waals surface area contributed by atoms with Crippen molar-refractivity contribution in [3.8, 4) is 5.75 Å². The second-order valence-corrected chi connectivity index (χ2v) is 7.38. The number of ether oxygens (including phenoxy) is 2. The molecule has 6 nitrogen and oxygen atoms in total. The molecule has 1 saturated carbocycles. The van der Waals surface area contributed by atoms with Crippen molar-refractivity contribution in [1.29, 1.82) is 0 Å². The molecule has 1 aliphatic carbocycles. The lowest BCUT2D eigenvalue weighted by molar-refractivity contribution is 0.0139. The molecular weight excluding hydrogens is 327 g/mol. The SMILES string of the molecule is CN(C(=O)OC(C)(C)C)C1CCC(Oc2cc(F)ccc2N[O-])CC1. The van der Waals surface area contributed by atoms with E-state index in [0.717, 1.165) is 12.8 Å². The number of carbonyl (C=O) groups is 1. The van der Waals surface area contributed by atoms with E-state index in [0.29, 0.717) is 12.8 Å². The molecule has 0 bridgehead atoms. The molecule has 0 heterocycles. The Morgan fingerprint density at radius 2 is 1.92 bits per heavy atom. The van der Waals surface area contributed by atoms with Crippen molar-refractivity contribution in [1.82, 2.24) is 4.90 Å². The quantitative estimate of drug-likeness (QED) is 0.817. The first-order valence-electron chi connectivity index (χ1n) is 8.50. The maximum Gasteiger partial charge on any atom is 0.410 e. The first-order valence-corrected chi connectivity index (χ1v) is 8.50. The highest BCUT2D eigenvalue weighted by Gasteiger charge is 2.30. The lowest BCUT2D eigenvalue weighted by Gasteiger charge is -2.35. The van der Waals surface area contributed by atoms with Crippen LogP contribution in [-0.2, 0) is 4.74 Å². The van der Waals surface area contributed by atoms with E-state index in [-0.39, 0.29) is 29.7 Å². The Kier molecular flexibility index (Phi) is 6.11. The third-order valence-corrected chi connectivity index (χ3v) is 4.22. The Morgan fingerprint density at radius 1 is 1.28 bits per heavy atom. The molecule has 2 rings (SSSR count). The van der Waals surface area contributed by atoms with Crippen LogP contribution in [-0.4, -0.2) is 35.8 Å². The van der Waals surface area contributed by atoms with E-state index in [1.165, 1.54) is 18.2 Å². The second kappa shape index (κ2) is 7.91. The summed E-state index contributed by atoms with van der Waals surface area (Å²) in [7, 11) is 1.74. The van der Waals surface area contributed by atoms with Crippen molar-refractivity contribution in [2.45, 2.75) is 64.2 Å². The molecule has 1 N–H and O–H groups in total. The van der Waals surface area contributed by atoms with Crippen LogP contribution in [0.4, 0.5) is 14.9 Å². The summed E-state index contributed by atoms with van der Waals surface area (Å²) >= 11 is 0. The topological polar surface area (TPSA) is 73.9 Å². The molecule has 0 radical (unpaired) electrons. The number of anilines is 1.